The van der Waals surface area contributed by atoms with Crippen LogP contribution in [0.15, 0.2) is 28.8 Å². The van der Waals surface area contributed by atoms with Crippen LogP contribution in [-0.4, -0.2) is 44.3 Å². The molecular formula is C15H18N4O4. The molecule has 1 N–H and O–H groups in total. The maximum Gasteiger partial charge on any atom is 0.270 e. The van der Waals surface area contributed by atoms with E-state index in [1.807, 2.05) is 0 Å². The highest BCUT2D eigenvalue weighted by Gasteiger charge is 2.24. The summed E-state index contributed by atoms with van der Waals surface area (Å²) in [6.07, 6.45) is 3.16. The first-order valence-corrected chi connectivity index (χ1v) is 7.59. The Kier molecular flexibility index (Phi) is 4.63. The van der Waals surface area contributed by atoms with Crippen LogP contribution in [0.3, 0.4) is 0 Å². The van der Waals surface area contributed by atoms with Gasteiger partial charge in [0.25, 0.3) is 5.69 Å². The summed E-state index contributed by atoms with van der Waals surface area (Å²) < 4.78 is 5.26. The Labute approximate surface area is 132 Å². The number of hydrogen-bond donors (Lipinski definition) is 1. The molecule has 1 unspecified atom stereocenters. The topological polar surface area (TPSA) is 106 Å². The quantitative estimate of drug-likeness (QED) is 0.663. The maximum absolute atomic E-state index is 10.8. The van der Waals surface area contributed by atoms with E-state index in [4.69, 9.17) is 4.52 Å². The molecular weight excluding hydrogens is 300 g/mol. The van der Waals surface area contributed by atoms with E-state index in [1.165, 1.54) is 12.1 Å². The molecule has 0 radical (unpaired) electrons. The van der Waals surface area contributed by atoms with Crippen molar-refractivity contribution in [2.24, 2.45) is 0 Å². The first-order chi connectivity index (χ1) is 11.2. The third-order valence-electron chi connectivity index (χ3n) is 4.08. The molecule has 1 saturated heterocycles. The van der Waals surface area contributed by atoms with E-state index in [2.05, 4.69) is 15.0 Å². The van der Waals surface area contributed by atoms with Gasteiger partial charge in [0.15, 0.2) is 0 Å². The summed E-state index contributed by atoms with van der Waals surface area (Å²) in [5.41, 5.74) is 0.539. The molecule has 2 aromatic rings. The van der Waals surface area contributed by atoms with E-state index in [9.17, 15) is 15.2 Å². The molecule has 8 nitrogen and oxygen atoms in total. The van der Waals surface area contributed by atoms with E-state index in [1.54, 1.807) is 12.1 Å². The zero-order valence-corrected chi connectivity index (χ0v) is 12.6. The number of rotatable bonds is 5. The van der Waals surface area contributed by atoms with Gasteiger partial charge < -0.3 is 9.63 Å². The summed E-state index contributed by atoms with van der Waals surface area (Å²) in [5.74, 6) is 0.785. The molecule has 3 rings (SSSR count). The van der Waals surface area contributed by atoms with Gasteiger partial charge >= 0.3 is 0 Å². The van der Waals surface area contributed by atoms with E-state index in [0.717, 1.165) is 25.8 Å². The highest BCUT2D eigenvalue weighted by atomic mass is 16.6. The van der Waals surface area contributed by atoms with Crippen LogP contribution in [0.25, 0.3) is 11.4 Å². The molecule has 1 atom stereocenters. The third-order valence-corrected chi connectivity index (χ3v) is 4.08. The fourth-order valence-corrected chi connectivity index (χ4v) is 2.84. The molecule has 122 valence electrons. The minimum atomic E-state index is -0.454. The van der Waals surface area contributed by atoms with Crippen molar-refractivity contribution in [3.8, 4) is 11.4 Å². The Hall–Kier alpha value is -2.32. The second-order valence-corrected chi connectivity index (χ2v) is 5.62. The van der Waals surface area contributed by atoms with Gasteiger partial charge in [0.1, 0.15) is 0 Å². The van der Waals surface area contributed by atoms with Gasteiger partial charge in [-0.15, -0.1) is 0 Å². The highest BCUT2D eigenvalue weighted by molar-refractivity contribution is 5.58. The second kappa shape index (κ2) is 6.84. The van der Waals surface area contributed by atoms with Gasteiger partial charge in [-0.1, -0.05) is 23.7 Å². The molecule has 1 aromatic carbocycles. The molecule has 0 aliphatic carbocycles. The maximum atomic E-state index is 10.8. The van der Waals surface area contributed by atoms with Crippen molar-refractivity contribution in [3.63, 3.8) is 0 Å². The SMILES string of the molecule is O=[N+]([O-])c1cccc(-c2noc(CN3CCCCC3CO)n2)c1. The number of nitro benzene ring substituents is 1. The molecule has 0 saturated carbocycles. The number of nitro groups is 1. The zero-order chi connectivity index (χ0) is 16.2. The van der Waals surface area contributed by atoms with Crippen molar-refractivity contribution in [3.05, 3.63) is 40.3 Å². The van der Waals surface area contributed by atoms with Crippen LogP contribution in [0, 0.1) is 10.1 Å². The lowest BCUT2D eigenvalue weighted by atomic mass is 10.0. The number of likely N-dealkylation sites (tertiary alicyclic amines) is 1. The van der Waals surface area contributed by atoms with Gasteiger partial charge in [-0.2, -0.15) is 4.98 Å². The predicted octanol–water partition coefficient (Wildman–Crippen LogP) is 1.99. The minimum Gasteiger partial charge on any atom is -0.395 e. The van der Waals surface area contributed by atoms with Crippen molar-refractivity contribution in [1.29, 1.82) is 0 Å². The van der Waals surface area contributed by atoms with E-state index in [-0.39, 0.29) is 18.3 Å². The number of benzene rings is 1. The van der Waals surface area contributed by atoms with E-state index < -0.39 is 4.92 Å². The summed E-state index contributed by atoms with van der Waals surface area (Å²) >= 11 is 0. The van der Waals surface area contributed by atoms with Crippen LogP contribution >= 0.6 is 0 Å². The van der Waals surface area contributed by atoms with Crippen molar-refractivity contribution in [1.82, 2.24) is 15.0 Å². The fourth-order valence-electron chi connectivity index (χ4n) is 2.84. The van der Waals surface area contributed by atoms with Gasteiger partial charge in [-0.3, -0.25) is 15.0 Å². The molecule has 2 heterocycles. The van der Waals surface area contributed by atoms with Gasteiger partial charge in [0.05, 0.1) is 18.1 Å². The van der Waals surface area contributed by atoms with Crippen LogP contribution in [0.2, 0.25) is 0 Å². The Balaban J connectivity index is 1.75. The Morgan fingerprint density at radius 1 is 1.43 bits per heavy atom. The monoisotopic (exact) mass is 318 g/mol. The molecule has 0 amide bonds. The van der Waals surface area contributed by atoms with Crippen molar-refractivity contribution in [2.75, 3.05) is 13.2 Å². The molecule has 1 fully saturated rings. The number of non-ortho nitro benzene ring substituents is 1. The number of aliphatic hydroxyl groups excluding tert-OH is 1. The average Bonchev–Trinajstić information content (AvgIpc) is 3.04. The van der Waals surface area contributed by atoms with Gasteiger partial charge in [-0.25, -0.2) is 0 Å². The molecule has 0 spiro atoms. The molecule has 1 aromatic heterocycles. The van der Waals surface area contributed by atoms with Crippen LogP contribution in [-0.2, 0) is 6.54 Å². The largest absolute Gasteiger partial charge is 0.395 e. The minimum absolute atomic E-state index is 0.00905. The van der Waals surface area contributed by atoms with E-state index >= 15 is 0 Å². The molecule has 1 aliphatic heterocycles. The van der Waals surface area contributed by atoms with Crippen LogP contribution < -0.4 is 0 Å². The van der Waals surface area contributed by atoms with Crippen LogP contribution in [0.1, 0.15) is 25.2 Å². The first-order valence-electron chi connectivity index (χ1n) is 7.59. The highest BCUT2D eigenvalue weighted by Crippen LogP contribution is 2.23. The zero-order valence-electron chi connectivity index (χ0n) is 12.6. The van der Waals surface area contributed by atoms with E-state index in [0.29, 0.717) is 23.8 Å². The lowest BCUT2D eigenvalue weighted by Crippen LogP contribution is -2.41. The number of aromatic nitrogens is 2. The summed E-state index contributed by atoms with van der Waals surface area (Å²) in [5, 5.41) is 24.2. The molecule has 23 heavy (non-hydrogen) atoms. The Morgan fingerprint density at radius 3 is 3.09 bits per heavy atom. The normalized spacial score (nSPS) is 18.9. The van der Waals surface area contributed by atoms with Gasteiger partial charge in [0, 0.05) is 23.7 Å². The van der Waals surface area contributed by atoms with Crippen LogP contribution in [0.5, 0.6) is 0 Å². The number of aliphatic hydroxyl groups is 1. The van der Waals surface area contributed by atoms with Crippen molar-refractivity contribution in [2.45, 2.75) is 31.8 Å². The van der Waals surface area contributed by atoms with Gasteiger partial charge in [-0.05, 0) is 19.4 Å². The average molecular weight is 318 g/mol. The lowest BCUT2D eigenvalue weighted by Gasteiger charge is -2.33. The summed E-state index contributed by atoms with van der Waals surface area (Å²) in [7, 11) is 0. The van der Waals surface area contributed by atoms with Gasteiger partial charge in [0.2, 0.25) is 11.7 Å². The number of hydrogen-bond acceptors (Lipinski definition) is 7. The molecule has 0 bridgehead atoms. The summed E-state index contributed by atoms with van der Waals surface area (Å²) in [6.45, 7) is 1.48. The smallest absolute Gasteiger partial charge is 0.270 e. The lowest BCUT2D eigenvalue weighted by molar-refractivity contribution is -0.384. The second-order valence-electron chi connectivity index (χ2n) is 5.62. The Morgan fingerprint density at radius 2 is 2.30 bits per heavy atom. The Bertz CT molecular complexity index is 688. The standard InChI is InChI=1S/C15H18N4O4/c20-10-13-5-1-2-7-18(13)9-14-16-15(17-23-14)11-4-3-6-12(8-11)19(21)22/h3-4,6,8,13,20H,1-2,5,7,9-10H2. The number of piperidine rings is 1. The predicted molar refractivity (Wildman–Crippen MR) is 81.5 cm³/mol. The summed E-state index contributed by atoms with van der Waals surface area (Å²) in [6, 6.07) is 6.27. The molecule has 1 aliphatic rings. The van der Waals surface area contributed by atoms with Crippen molar-refractivity contribution >= 4 is 5.69 Å². The van der Waals surface area contributed by atoms with Crippen molar-refractivity contribution < 1.29 is 14.6 Å². The van der Waals surface area contributed by atoms with Crippen LogP contribution in [0.4, 0.5) is 5.69 Å². The third kappa shape index (κ3) is 3.54. The number of nitrogens with zero attached hydrogens (tertiary/aromatic N) is 4. The summed E-state index contributed by atoms with van der Waals surface area (Å²) in [4.78, 5) is 16.8. The first kappa shape index (κ1) is 15.6. The fraction of sp³-hybridized carbons (Fsp3) is 0.467. The molecule has 8 heteroatoms.